The van der Waals surface area contributed by atoms with Crippen LogP contribution in [0.2, 0.25) is 0 Å². The molecule has 1 saturated heterocycles. The molecule has 3 N–H and O–H groups in total. The molecule has 176 valence electrons. The molecule has 2 heterocycles. The van der Waals surface area contributed by atoms with E-state index >= 15 is 0 Å². The number of carbonyl (C=O) groups is 1. The van der Waals surface area contributed by atoms with Gasteiger partial charge in [0.25, 0.3) is 0 Å². The Hall–Kier alpha value is -2.96. The third-order valence-corrected chi connectivity index (χ3v) is 6.27. The van der Waals surface area contributed by atoms with E-state index in [1.165, 1.54) is 4.90 Å². The van der Waals surface area contributed by atoms with Gasteiger partial charge >= 0.3 is 6.03 Å². The zero-order valence-electron chi connectivity index (χ0n) is 17.2. The maximum atomic E-state index is 14.6. The predicted octanol–water partition coefficient (Wildman–Crippen LogP) is 3.10. The number of urea groups is 1. The molecule has 3 aromatic rings. The lowest BCUT2D eigenvalue weighted by Gasteiger charge is -2.36. The van der Waals surface area contributed by atoms with Gasteiger partial charge in [-0.05, 0) is 17.7 Å². The number of nitrogens with one attached hydrogen (secondary N) is 1. The molecule has 1 aliphatic heterocycles. The molecule has 33 heavy (non-hydrogen) atoms. The summed E-state index contributed by atoms with van der Waals surface area (Å²) < 4.78 is 56.0. The van der Waals surface area contributed by atoms with Crippen LogP contribution in [0.25, 0.3) is 10.2 Å². The number of aromatic nitrogens is 1. The van der Waals surface area contributed by atoms with E-state index in [0.717, 1.165) is 35.6 Å². The van der Waals surface area contributed by atoms with Gasteiger partial charge < -0.3 is 20.0 Å². The number of hydrogen-bond acceptors (Lipinski definition) is 6. The van der Waals surface area contributed by atoms with Gasteiger partial charge in [0.15, 0.2) is 16.8 Å². The molecule has 12 heteroatoms. The van der Waals surface area contributed by atoms with Crippen LogP contribution in [0.1, 0.15) is 5.56 Å². The number of benzene rings is 2. The Balaban J connectivity index is 1.38. The van der Waals surface area contributed by atoms with E-state index < -0.39 is 42.0 Å². The topological polar surface area (TPSA) is 88.9 Å². The van der Waals surface area contributed by atoms with Gasteiger partial charge in [-0.3, -0.25) is 5.32 Å². The molecule has 1 aliphatic rings. The van der Waals surface area contributed by atoms with Crippen molar-refractivity contribution < 1.29 is 32.6 Å². The van der Waals surface area contributed by atoms with E-state index in [4.69, 9.17) is 5.11 Å². The molecule has 1 atom stereocenters. The number of piperazine rings is 1. The van der Waals surface area contributed by atoms with Crippen molar-refractivity contribution in [3.05, 3.63) is 53.1 Å². The number of fused-ring (bicyclic) bond motifs is 1. The molecule has 1 aromatic heterocycles. The number of aliphatic hydroxyl groups is 2. The molecule has 7 nitrogen and oxygen atoms in total. The standard InChI is InChI=1S/C21H20F4N4O3S/c22-13-8-18(16(25)6-11(13)5-12(31)10-30)28-1-3-29(4-2-28)21(32)27-20-26-17-7-14(23)15(24)9-19(17)33-20/h6-9,12,30-31H,1-5,10H2,(H,26,27,32). The zero-order chi connectivity index (χ0) is 23.7. The van der Waals surface area contributed by atoms with Crippen molar-refractivity contribution >= 4 is 38.4 Å². The molecular formula is C21H20F4N4O3S. The number of halogens is 4. The number of carbonyl (C=O) groups excluding carboxylic acids is 1. The minimum absolute atomic E-state index is 0.0357. The van der Waals surface area contributed by atoms with E-state index in [9.17, 15) is 27.5 Å². The first kappa shape index (κ1) is 23.2. The molecule has 2 aromatic carbocycles. The summed E-state index contributed by atoms with van der Waals surface area (Å²) in [4.78, 5) is 19.7. The molecule has 1 unspecified atom stereocenters. The summed E-state index contributed by atoms with van der Waals surface area (Å²) in [5.41, 5.74) is 0.239. The number of amides is 2. The van der Waals surface area contributed by atoms with Crippen LogP contribution in [-0.4, -0.2) is 65.0 Å². The summed E-state index contributed by atoms with van der Waals surface area (Å²) in [5, 5.41) is 21.1. The maximum Gasteiger partial charge on any atom is 0.323 e. The van der Waals surface area contributed by atoms with Crippen molar-refractivity contribution in [1.29, 1.82) is 0 Å². The van der Waals surface area contributed by atoms with E-state index in [1.807, 2.05) is 0 Å². The lowest BCUT2D eigenvalue weighted by molar-refractivity contribution is 0.0947. The van der Waals surface area contributed by atoms with Crippen LogP contribution in [0.5, 0.6) is 0 Å². The molecule has 0 saturated carbocycles. The predicted molar refractivity (Wildman–Crippen MR) is 115 cm³/mol. The lowest BCUT2D eigenvalue weighted by atomic mass is 10.1. The average molecular weight is 484 g/mol. The van der Waals surface area contributed by atoms with Crippen LogP contribution < -0.4 is 10.2 Å². The lowest BCUT2D eigenvalue weighted by Crippen LogP contribution is -2.50. The van der Waals surface area contributed by atoms with Crippen LogP contribution in [0.15, 0.2) is 24.3 Å². The average Bonchev–Trinajstić information content (AvgIpc) is 3.17. The van der Waals surface area contributed by atoms with Crippen LogP contribution in [0, 0.1) is 23.3 Å². The summed E-state index contributed by atoms with van der Waals surface area (Å²) in [7, 11) is 0. The van der Waals surface area contributed by atoms with Crippen LogP contribution in [0.4, 0.5) is 33.2 Å². The molecule has 0 radical (unpaired) electrons. The fourth-order valence-electron chi connectivity index (χ4n) is 3.59. The van der Waals surface area contributed by atoms with Crippen molar-refractivity contribution in [2.45, 2.75) is 12.5 Å². The third kappa shape index (κ3) is 5.02. The fraction of sp³-hybridized carbons (Fsp3) is 0.333. The number of nitrogens with zero attached hydrogens (tertiary/aromatic N) is 3. The van der Waals surface area contributed by atoms with E-state index in [0.29, 0.717) is 4.70 Å². The summed E-state index contributed by atoms with van der Waals surface area (Å²) >= 11 is 1.01. The minimum Gasteiger partial charge on any atom is -0.394 e. The largest absolute Gasteiger partial charge is 0.394 e. The van der Waals surface area contributed by atoms with Gasteiger partial charge in [0.05, 0.1) is 28.6 Å². The monoisotopic (exact) mass is 484 g/mol. The first-order valence-electron chi connectivity index (χ1n) is 10.1. The smallest absolute Gasteiger partial charge is 0.323 e. The van der Waals surface area contributed by atoms with E-state index in [-0.39, 0.29) is 54.5 Å². The summed E-state index contributed by atoms with van der Waals surface area (Å²) in [5.74, 6) is -3.38. The molecule has 0 spiro atoms. The second-order valence-electron chi connectivity index (χ2n) is 7.59. The number of thiazole rings is 1. The molecule has 2 amide bonds. The van der Waals surface area contributed by atoms with Crippen molar-refractivity contribution in [3.63, 3.8) is 0 Å². The number of aliphatic hydroxyl groups excluding tert-OH is 2. The van der Waals surface area contributed by atoms with Gasteiger partial charge in [0.2, 0.25) is 0 Å². The third-order valence-electron chi connectivity index (χ3n) is 5.33. The van der Waals surface area contributed by atoms with Crippen LogP contribution >= 0.6 is 11.3 Å². The second-order valence-corrected chi connectivity index (χ2v) is 8.62. The first-order chi connectivity index (χ1) is 15.7. The number of anilines is 2. The summed E-state index contributed by atoms with van der Waals surface area (Å²) in [6.45, 7) is 0.396. The summed E-state index contributed by atoms with van der Waals surface area (Å²) in [6, 6.07) is 3.56. The highest BCUT2D eigenvalue weighted by molar-refractivity contribution is 7.22. The highest BCUT2D eigenvalue weighted by Gasteiger charge is 2.25. The Morgan fingerprint density at radius 1 is 1.03 bits per heavy atom. The van der Waals surface area contributed by atoms with Crippen molar-refractivity contribution in [2.24, 2.45) is 0 Å². The maximum absolute atomic E-state index is 14.6. The van der Waals surface area contributed by atoms with Crippen LogP contribution in [-0.2, 0) is 6.42 Å². The Bertz CT molecular complexity index is 1150. The highest BCUT2D eigenvalue weighted by Crippen LogP contribution is 2.29. The molecular weight excluding hydrogens is 464 g/mol. The minimum atomic E-state index is -1.18. The number of rotatable bonds is 5. The van der Waals surface area contributed by atoms with Gasteiger partial charge in [-0.2, -0.15) is 0 Å². The SMILES string of the molecule is O=C(Nc1nc2cc(F)c(F)cc2s1)N1CCN(c2cc(F)c(CC(O)CO)cc2F)CC1. The molecule has 4 rings (SSSR count). The normalized spacial score (nSPS) is 15.2. The highest BCUT2D eigenvalue weighted by atomic mass is 32.1. The molecule has 1 fully saturated rings. The second kappa shape index (κ2) is 9.49. The quantitative estimate of drug-likeness (QED) is 0.485. The Morgan fingerprint density at radius 3 is 2.42 bits per heavy atom. The number of hydrogen-bond donors (Lipinski definition) is 3. The van der Waals surface area contributed by atoms with Gasteiger partial charge in [-0.25, -0.2) is 27.3 Å². The summed E-state index contributed by atoms with van der Waals surface area (Å²) in [6.07, 6.45) is -1.39. The Labute approximate surface area is 189 Å². The fourth-order valence-corrected chi connectivity index (χ4v) is 4.45. The van der Waals surface area contributed by atoms with Gasteiger partial charge in [0, 0.05) is 44.7 Å². The van der Waals surface area contributed by atoms with Crippen molar-refractivity contribution in [3.8, 4) is 0 Å². The van der Waals surface area contributed by atoms with Crippen LogP contribution in [0.3, 0.4) is 0 Å². The van der Waals surface area contributed by atoms with Gasteiger partial charge in [-0.1, -0.05) is 11.3 Å². The van der Waals surface area contributed by atoms with E-state index in [1.54, 1.807) is 4.90 Å². The van der Waals surface area contributed by atoms with E-state index in [2.05, 4.69) is 10.3 Å². The molecule has 0 aliphatic carbocycles. The van der Waals surface area contributed by atoms with Crippen molar-refractivity contribution in [1.82, 2.24) is 9.88 Å². The molecule has 0 bridgehead atoms. The Morgan fingerprint density at radius 2 is 1.73 bits per heavy atom. The van der Waals surface area contributed by atoms with Crippen molar-refractivity contribution in [2.75, 3.05) is 43.0 Å². The Kier molecular flexibility index (Phi) is 6.68. The zero-order valence-corrected chi connectivity index (χ0v) is 18.0. The van der Waals surface area contributed by atoms with Gasteiger partial charge in [0.1, 0.15) is 11.6 Å². The van der Waals surface area contributed by atoms with Gasteiger partial charge in [-0.15, -0.1) is 0 Å². The first-order valence-corrected chi connectivity index (χ1v) is 10.9.